The standard InChI is InChI=1S/C21H24F2N2O4/c1-14(29-20-4-2-3-9-27-20)13-28-25-21(16-6-7-17(22)18(23)10-16)19-8-5-15(12-26)11-24-19/h5-8,10-11,14,20,26H,2-4,9,12-13H2,1H3/b25-21+/t14-,20?/m0/s1. The zero-order valence-corrected chi connectivity index (χ0v) is 16.2. The summed E-state index contributed by atoms with van der Waals surface area (Å²) in [6.45, 7) is 2.53. The van der Waals surface area contributed by atoms with E-state index in [9.17, 15) is 13.9 Å². The van der Waals surface area contributed by atoms with Gasteiger partial charge in [0.15, 0.2) is 17.9 Å². The predicted molar refractivity (Wildman–Crippen MR) is 102 cm³/mol. The highest BCUT2D eigenvalue weighted by Gasteiger charge is 2.18. The molecule has 0 aliphatic carbocycles. The summed E-state index contributed by atoms with van der Waals surface area (Å²) in [6, 6.07) is 6.76. The first kappa shape index (κ1) is 21.3. The molecule has 3 rings (SSSR count). The molecule has 1 unspecified atom stereocenters. The van der Waals surface area contributed by atoms with Crippen LogP contribution in [0.25, 0.3) is 0 Å². The second-order valence-electron chi connectivity index (χ2n) is 6.82. The third-order valence-corrected chi connectivity index (χ3v) is 4.43. The van der Waals surface area contributed by atoms with Gasteiger partial charge in [-0.15, -0.1) is 0 Å². The SMILES string of the molecule is C[C@@H](CO/N=C(\c1ccc(F)c(F)c1)c1ccc(CO)cn1)OC1CCCCO1. The number of nitrogens with zero attached hydrogens (tertiary/aromatic N) is 2. The molecule has 1 aromatic carbocycles. The molecule has 0 spiro atoms. The van der Waals surface area contributed by atoms with Crippen LogP contribution in [-0.2, 0) is 20.9 Å². The summed E-state index contributed by atoms with van der Waals surface area (Å²) >= 11 is 0. The maximum atomic E-state index is 13.7. The Bertz CT molecular complexity index is 824. The fourth-order valence-electron chi connectivity index (χ4n) is 2.87. The van der Waals surface area contributed by atoms with Gasteiger partial charge in [-0.05, 0) is 56.0 Å². The third-order valence-electron chi connectivity index (χ3n) is 4.43. The van der Waals surface area contributed by atoms with Crippen molar-refractivity contribution in [3.05, 3.63) is 65.0 Å². The zero-order chi connectivity index (χ0) is 20.6. The van der Waals surface area contributed by atoms with Gasteiger partial charge in [-0.2, -0.15) is 0 Å². The van der Waals surface area contributed by atoms with Crippen LogP contribution in [0.4, 0.5) is 8.78 Å². The maximum absolute atomic E-state index is 13.7. The molecule has 1 aliphatic rings. The van der Waals surface area contributed by atoms with Crippen molar-refractivity contribution in [1.29, 1.82) is 0 Å². The van der Waals surface area contributed by atoms with Crippen molar-refractivity contribution in [2.45, 2.75) is 45.2 Å². The van der Waals surface area contributed by atoms with Gasteiger partial charge in [0, 0.05) is 18.4 Å². The Morgan fingerprint density at radius 3 is 2.79 bits per heavy atom. The molecule has 1 N–H and O–H groups in total. The molecular formula is C21H24F2N2O4. The Labute approximate surface area is 168 Å². The lowest BCUT2D eigenvalue weighted by atomic mass is 10.1. The van der Waals surface area contributed by atoms with Gasteiger partial charge in [-0.1, -0.05) is 11.2 Å². The second-order valence-corrected chi connectivity index (χ2v) is 6.82. The number of hydrogen-bond acceptors (Lipinski definition) is 6. The number of hydrogen-bond donors (Lipinski definition) is 1. The van der Waals surface area contributed by atoms with Crippen LogP contribution in [0, 0.1) is 11.6 Å². The van der Waals surface area contributed by atoms with Gasteiger partial charge in [0.25, 0.3) is 0 Å². The largest absolute Gasteiger partial charge is 0.392 e. The highest BCUT2D eigenvalue weighted by Crippen LogP contribution is 2.17. The van der Waals surface area contributed by atoms with Crippen LogP contribution >= 0.6 is 0 Å². The van der Waals surface area contributed by atoms with Crippen molar-refractivity contribution in [2.75, 3.05) is 13.2 Å². The van der Waals surface area contributed by atoms with Crippen LogP contribution in [0.3, 0.4) is 0 Å². The summed E-state index contributed by atoms with van der Waals surface area (Å²) in [5, 5.41) is 13.3. The Hall–Kier alpha value is -2.42. The van der Waals surface area contributed by atoms with Crippen molar-refractivity contribution >= 4 is 5.71 Å². The lowest BCUT2D eigenvalue weighted by Gasteiger charge is -2.25. The number of halogens is 2. The Balaban J connectivity index is 1.73. The summed E-state index contributed by atoms with van der Waals surface area (Å²) in [5.41, 5.74) is 1.58. The maximum Gasteiger partial charge on any atom is 0.159 e. The lowest BCUT2D eigenvalue weighted by molar-refractivity contribution is -0.193. The molecule has 2 heterocycles. The van der Waals surface area contributed by atoms with Crippen LogP contribution in [0.5, 0.6) is 0 Å². The summed E-state index contributed by atoms with van der Waals surface area (Å²) in [5.74, 6) is -1.94. The smallest absolute Gasteiger partial charge is 0.159 e. The molecule has 8 heteroatoms. The van der Waals surface area contributed by atoms with Gasteiger partial charge < -0.3 is 19.4 Å². The Morgan fingerprint density at radius 2 is 2.14 bits per heavy atom. The molecular weight excluding hydrogens is 382 g/mol. The van der Waals surface area contributed by atoms with Crippen molar-refractivity contribution in [3.63, 3.8) is 0 Å². The van der Waals surface area contributed by atoms with E-state index < -0.39 is 11.6 Å². The minimum atomic E-state index is -0.992. The van der Waals surface area contributed by atoms with Crippen molar-refractivity contribution < 1.29 is 28.2 Å². The second kappa shape index (κ2) is 10.4. The highest BCUT2D eigenvalue weighted by molar-refractivity contribution is 6.11. The summed E-state index contributed by atoms with van der Waals surface area (Å²) < 4.78 is 38.4. The molecule has 1 fully saturated rings. The molecule has 0 bridgehead atoms. The van der Waals surface area contributed by atoms with Gasteiger partial charge >= 0.3 is 0 Å². The average Bonchev–Trinajstić information content (AvgIpc) is 2.74. The molecule has 6 nitrogen and oxygen atoms in total. The molecule has 0 saturated carbocycles. The quantitative estimate of drug-likeness (QED) is 0.536. The molecule has 2 aromatic rings. The van der Waals surface area contributed by atoms with E-state index >= 15 is 0 Å². The predicted octanol–water partition coefficient (Wildman–Crippen LogP) is 3.55. The van der Waals surface area contributed by atoms with Crippen LogP contribution in [0.1, 0.15) is 43.0 Å². The van der Waals surface area contributed by atoms with E-state index in [0.29, 0.717) is 23.4 Å². The summed E-state index contributed by atoms with van der Waals surface area (Å²) in [7, 11) is 0. The summed E-state index contributed by atoms with van der Waals surface area (Å²) in [6.07, 6.45) is 3.91. The monoisotopic (exact) mass is 406 g/mol. The van der Waals surface area contributed by atoms with Crippen LogP contribution in [0.2, 0.25) is 0 Å². The number of aliphatic hydroxyl groups excluding tert-OH is 1. The van der Waals surface area contributed by atoms with E-state index in [1.807, 2.05) is 6.92 Å². The van der Waals surface area contributed by atoms with E-state index in [2.05, 4.69) is 10.1 Å². The van der Waals surface area contributed by atoms with Crippen LogP contribution < -0.4 is 0 Å². The third kappa shape index (κ3) is 6.03. The van der Waals surface area contributed by atoms with Gasteiger partial charge in [0.05, 0.1) is 18.4 Å². The molecule has 0 amide bonds. The van der Waals surface area contributed by atoms with E-state index in [0.717, 1.165) is 31.4 Å². The van der Waals surface area contributed by atoms with Gasteiger partial charge in [0.2, 0.25) is 0 Å². The molecule has 1 saturated heterocycles. The molecule has 0 radical (unpaired) electrons. The first-order valence-corrected chi connectivity index (χ1v) is 9.55. The van der Waals surface area contributed by atoms with Crippen LogP contribution in [-0.4, -0.2) is 41.4 Å². The summed E-state index contributed by atoms with van der Waals surface area (Å²) in [4.78, 5) is 9.67. The molecule has 29 heavy (non-hydrogen) atoms. The lowest BCUT2D eigenvalue weighted by Crippen LogP contribution is -2.28. The topological polar surface area (TPSA) is 73.2 Å². The van der Waals surface area contributed by atoms with Gasteiger partial charge in [0.1, 0.15) is 12.3 Å². The van der Waals surface area contributed by atoms with Crippen LogP contribution in [0.15, 0.2) is 41.7 Å². The highest BCUT2D eigenvalue weighted by atomic mass is 19.2. The Kier molecular flexibility index (Phi) is 7.62. The van der Waals surface area contributed by atoms with Crippen molar-refractivity contribution in [2.24, 2.45) is 5.16 Å². The first-order valence-electron chi connectivity index (χ1n) is 9.55. The van der Waals surface area contributed by atoms with E-state index in [1.54, 1.807) is 12.1 Å². The number of aliphatic hydroxyl groups is 1. The number of pyridine rings is 1. The fourth-order valence-corrected chi connectivity index (χ4v) is 2.87. The Morgan fingerprint density at radius 1 is 1.28 bits per heavy atom. The minimum Gasteiger partial charge on any atom is -0.392 e. The average molecular weight is 406 g/mol. The molecule has 1 aromatic heterocycles. The zero-order valence-electron chi connectivity index (χ0n) is 16.2. The van der Waals surface area contributed by atoms with Crippen molar-refractivity contribution in [1.82, 2.24) is 4.98 Å². The first-order chi connectivity index (χ1) is 14.1. The number of benzene rings is 1. The van der Waals surface area contributed by atoms with Gasteiger partial charge in [-0.3, -0.25) is 4.98 Å². The molecule has 2 atom stereocenters. The number of rotatable bonds is 8. The van der Waals surface area contributed by atoms with E-state index in [4.69, 9.17) is 14.3 Å². The number of ether oxygens (including phenoxy) is 2. The molecule has 1 aliphatic heterocycles. The minimum absolute atomic E-state index is 0.153. The van der Waals surface area contributed by atoms with E-state index in [-0.39, 0.29) is 31.3 Å². The van der Waals surface area contributed by atoms with Gasteiger partial charge in [-0.25, -0.2) is 8.78 Å². The van der Waals surface area contributed by atoms with E-state index in [1.165, 1.54) is 12.3 Å². The number of oxime groups is 1. The molecule has 156 valence electrons. The van der Waals surface area contributed by atoms with Crippen molar-refractivity contribution in [3.8, 4) is 0 Å². The fraction of sp³-hybridized carbons (Fsp3) is 0.429. The number of aromatic nitrogens is 1. The normalized spacial score (nSPS) is 18.5.